The molecule has 1 aromatic rings. The van der Waals surface area contributed by atoms with Crippen molar-refractivity contribution in [2.45, 2.75) is 19.4 Å². The Kier molecular flexibility index (Phi) is 3.60. The first-order valence-corrected chi connectivity index (χ1v) is 5.11. The summed E-state index contributed by atoms with van der Waals surface area (Å²) >= 11 is 0. The molecule has 0 radical (unpaired) electrons. The molecule has 5 heteroatoms. The van der Waals surface area contributed by atoms with Gasteiger partial charge in [-0.2, -0.15) is 0 Å². The number of rotatable bonds is 4. The lowest BCUT2D eigenvalue weighted by molar-refractivity contribution is -0.142. The molecule has 0 bridgehead atoms. The molecule has 1 aromatic carbocycles. The SMILES string of the molecule is COc1ccc(F)cc1N(C)C(C)(C)C(=O)O. The van der Waals surface area contributed by atoms with Crippen LogP contribution >= 0.6 is 0 Å². The molecule has 1 N–H and O–H groups in total. The van der Waals surface area contributed by atoms with E-state index < -0.39 is 17.3 Å². The standard InChI is InChI=1S/C12H16FNO3/c1-12(2,11(15)16)14(3)9-7-8(13)5-6-10(9)17-4/h5-7H,1-4H3,(H,15,16). The lowest BCUT2D eigenvalue weighted by atomic mass is 10.0. The van der Waals surface area contributed by atoms with Crippen LogP contribution in [0.5, 0.6) is 5.75 Å². The fourth-order valence-corrected chi connectivity index (χ4v) is 1.37. The number of methoxy groups -OCH3 is 1. The van der Waals surface area contributed by atoms with Crippen molar-refractivity contribution in [3.05, 3.63) is 24.0 Å². The third-order valence-corrected chi connectivity index (χ3v) is 2.86. The van der Waals surface area contributed by atoms with Crippen LogP contribution in [0.1, 0.15) is 13.8 Å². The zero-order valence-electron chi connectivity index (χ0n) is 10.3. The number of nitrogens with zero attached hydrogens (tertiary/aromatic N) is 1. The second-order valence-electron chi connectivity index (χ2n) is 4.24. The summed E-state index contributed by atoms with van der Waals surface area (Å²) in [6, 6.07) is 3.99. The fourth-order valence-electron chi connectivity index (χ4n) is 1.37. The van der Waals surface area contributed by atoms with Gasteiger partial charge < -0.3 is 14.7 Å². The maximum atomic E-state index is 13.2. The smallest absolute Gasteiger partial charge is 0.328 e. The van der Waals surface area contributed by atoms with Crippen LogP contribution in [0.3, 0.4) is 0 Å². The lowest BCUT2D eigenvalue weighted by Crippen LogP contribution is -2.48. The van der Waals surface area contributed by atoms with Crippen molar-refractivity contribution in [1.82, 2.24) is 0 Å². The van der Waals surface area contributed by atoms with E-state index in [4.69, 9.17) is 9.84 Å². The van der Waals surface area contributed by atoms with Gasteiger partial charge in [-0.15, -0.1) is 0 Å². The first-order chi connectivity index (χ1) is 7.80. The minimum absolute atomic E-state index is 0.403. The van der Waals surface area contributed by atoms with Crippen molar-refractivity contribution in [3.8, 4) is 5.75 Å². The molecule has 94 valence electrons. The zero-order valence-corrected chi connectivity index (χ0v) is 10.3. The summed E-state index contributed by atoms with van der Waals surface area (Å²) in [4.78, 5) is 12.6. The Labute approximate surface area is 99.6 Å². The monoisotopic (exact) mass is 241 g/mol. The molecule has 0 aromatic heterocycles. The van der Waals surface area contributed by atoms with Crippen molar-refractivity contribution in [1.29, 1.82) is 0 Å². The highest BCUT2D eigenvalue weighted by Gasteiger charge is 2.33. The highest BCUT2D eigenvalue weighted by Crippen LogP contribution is 2.32. The Morgan fingerprint density at radius 1 is 1.47 bits per heavy atom. The second-order valence-corrected chi connectivity index (χ2v) is 4.24. The van der Waals surface area contributed by atoms with Gasteiger partial charge in [0.05, 0.1) is 12.8 Å². The summed E-state index contributed by atoms with van der Waals surface area (Å²) in [5.41, 5.74) is -0.749. The summed E-state index contributed by atoms with van der Waals surface area (Å²) in [7, 11) is 3.05. The van der Waals surface area contributed by atoms with Crippen LogP contribution in [0.2, 0.25) is 0 Å². The number of anilines is 1. The number of carboxylic acid groups (broad SMARTS) is 1. The molecule has 1 rings (SSSR count). The third kappa shape index (κ3) is 2.49. The summed E-state index contributed by atoms with van der Waals surface area (Å²) in [6.45, 7) is 3.08. The maximum absolute atomic E-state index is 13.2. The second kappa shape index (κ2) is 4.61. The highest BCUT2D eigenvalue weighted by atomic mass is 19.1. The minimum Gasteiger partial charge on any atom is -0.495 e. The first-order valence-electron chi connectivity index (χ1n) is 5.11. The average molecular weight is 241 g/mol. The van der Waals surface area contributed by atoms with Gasteiger partial charge in [0.15, 0.2) is 0 Å². The van der Waals surface area contributed by atoms with Gasteiger partial charge in [-0.05, 0) is 26.0 Å². The number of carboxylic acids is 1. The molecule has 0 aliphatic rings. The van der Waals surface area contributed by atoms with Crippen molar-refractivity contribution in [3.63, 3.8) is 0 Å². The minimum atomic E-state index is -1.15. The molecule has 0 heterocycles. The van der Waals surface area contributed by atoms with Crippen LogP contribution < -0.4 is 9.64 Å². The average Bonchev–Trinajstić information content (AvgIpc) is 2.27. The van der Waals surface area contributed by atoms with Crippen molar-refractivity contribution >= 4 is 11.7 Å². The molecule has 0 spiro atoms. The number of carbonyl (C=O) groups is 1. The van der Waals surface area contributed by atoms with Crippen LogP contribution in [-0.4, -0.2) is 30.8 Å². The van der Waals surface area contributed by atoms with Gasteiger partial charge >= 0.3 is 5.97 Å². The number of aliphatic carboxylic acids is 1. The summed E-state index contributed by atoms with van der Waals surface area (Å²) < 4.78 is 18.3. The molecule has 17 heavy (non-hydrogen) atoms. The van der Waals surface area contributed by atoms with E-state index in [1.54, 1.807) is 20.9 Å². The summed E-state index contributed by atoms with van der Waals surface area (Å²) in [6.07, 6.45) is 0. The molecule has 0 atom stereocenters. The summed E-state index contributed by atoms with van der Waals surface area (Å²) in [5, 5.41) is 9.13. The van der Waals surface area contributed by atoms with Crippen molar-refractivity contribution in [2.24, 2.45) is 0 Å². The van der Waals surface area contributed by atoms with Gasteiger partial charge in [0.25, 0.3) is 0 Å². The van der Waals surface area contributed by atoms with Gasteiger partial charge in [0.2, 0.25) is 0 Å². The Morgan fingerprint density at radius 2 is 2.06 bits per heavy atom. The number of ether oxygens (including phenoxy) is 1. The Balaban J connectivity index is 3.23. The normalized spacial score (nSPS) is 11.1. The van der Waals surface area contributed by atoms with Crippen molar-refractivity contribution in [2.75, 3.05) is 19.1 Å². The van der Waals surface area contributed by atoms with E-state index in [2.05, 4.69) is 0 Å². The fraction of sp³-hybridized carbons (Fsp3) is 0.417. The molecule has 0 aliphatic carbocycles. The van der Waals surface area contributed by atoms with E-state index in [0.717, 1.165) is 0 Å². The number of benzene rings is 1. The van der Waals surface area contributed by atoms with E-state index in [1.165, 1.54) is 30.2 Å². The molecule has 0 fully saturated rings. The number of halogens is 1. The van der Waals surface area contributed by atoms with E-state index in [0.29, 0.717) is 11.4 Å². The number of hydrogen-bond acceptors (Lipinski definition) is 3. The van der Waals surface area contributed by atoms with Crippen LogP contribution in [0.15, 0.2) is 18.2 Å². The number of hydrogen-bond donors (Lipinski definition) is 1. The van der Waals surface area contributed by atoms with Crippen LogP contribution in [0.4, 0.5) is 10.1 Å². The van der Waals surface area contributed by atoms with Gasteiger partial charge in [0, 0.05) is 13.1 Å². The largest absolute Gasteiger partial charge is 0.495 e. The lowest BCUT2D eigenvalue weighted by Gasteiger charge is -2.34. The van der Waals surface area contributed by atoms with Gasteiger partial charge in [-0.25, -0.2) is 9.18 Å². The van der Waals surface area contributed by atoms with Gasteiger partial charge in [-0.3, -0.25) is 0 Å². The molecular formula is C12H16FNO3. The molecule has 4 nitrogen and oxygen atoms in total. The van der Waals surface area contributed by atoms with E-state index in [1.807, 2.05) is 0 Å². The van der Waals surface area contributed by atoms with Crippen molar-refractivity contribution < 1.29 is 19.0 Å². The molecule has 0 amide bonds. The van der Waals surface area contributed by atoms with Crippen LogP contribution in [0.25, 0.3) is 0 Å². The van der Waals surface area contributed by atoms with E-state index >= 15 is 0 Å². The van der Waals surface area contributed by atoms with E-state index in [-0.39, 0.29) is 0 Å². The van der Waals surface area contributed by atoms with Crippen LogP contribution in [-0.2, 0) is 4.79 Å². The maximum Gasteiger partial charge on any atom is 0.328 e. The quantitative estimate of drug-likeness (QED) is 0.877. The molecule has 0 saturated heterocycles. The third-order valence-electron chi connectivity index (χ3n) is 2.86. The Bertz CT molecular complexity index is 432. The highest BCUT2D eigenvalue weighted by molar-refractivity contribution is 5.83. The molecular weight excluding hydrogens is 225 g/mol. The van der Waals surface area contributed by atoms with Gasteiger partial charge in [-0.1, -0.05) is 0 Å². The predicted octanol–water partition coefficient (Wildman–Crippen LogP) is 2.13. The Hall–Kier alpha value is -1.78. The zero-order chi connectivity index (χ0) is 13.2. The van der Waals surface area contributed by atoms with Gasteiger partial charge in [0.1, 0.15) is 17.1 Å². The molecule has 0 aliphatic heterocycles. The topological polar surface area (TPSA) is 49.8 Å². The molecule has 0 saturated carbocycles. The summed E-state index contributed by atoms with van der Waals surface area (Å²) in [5.74, 6) is -0.997. The molecule has 0 unspecified atom stereocenters. The number of likely N-dealkylation sites (N-methyl/N-ethyl adjacent to an activating group) is 1. The van der Waals surface area contributed by atoms with E-state index in [9.17, 15) is 9.18 Å². The Morgan fingerprint density at radius 3 is 2.53 bits per heavy atom. The van der Waals surface area contributed by atoms with Crippen LogP contribution in [0, 0.1) is 5.82 Å². The first kappa shape index (κ1) is 13.3. The predicted molar refractivity (Wildman–Crippen MR) is 63.1 cm³/mol.